The van der Waals surface area contributed by atoms with Gasteiger partial charge in [-0.2, -0.15) is 0 Å². The Morgan fingerprint density at radius 1 is 0.542 bits per heavy atom. The molecular formula is C46H36N2. The fraction of sp³-hybridized carbons (Fsp3) is 0.130. The van der Waals surface area contributed by atoms with Crippen LogP contribution in [-0.4, -0.2) is 9.13 Å². The van der Waals surface area contributed by atoms with Crippen LogP contribution in [0, 0.1) is 5.92 Å². The van der Waals surface area contributed by atoms with Crippen molar-refractivity contribution >= 4 is 66.0 Å². The van der Waals surface area contributed by atoms with Crippen LogP contribution >= 0.6 is 0 Å². The van der Waals surface area contributed by atoms with Crippen molar-refractivity contribution < 1.29 is 0 Å². The maximum absolute atomic E-state index is 2.49. The van der Waals surface area contributed by atoms with Crippen molar-refractivity contribution in [1.82, 2.24) is 9.13 Å². The highest BCUT2D eigenvalue weighted by molar-refractivity contribution is 6.21. The first kappa shape index (κ1) is 27.5. The minimum absolute atomic E-state index is 0.453. The highest BCUT2D eigenvalue weighted by atomic mass is 15.0. The molecule has 48 heavy (non-hydrogen) atoms. The van der Waals surface area contributed by atoms with Crippen LogP contribution in [0.3, 0.4) is 0 Å². The number of nitrogens with zero attached hydrogens (tertiary/aromatic N) is 2. The average Bonchev–Trinajstić information content (AvgIpc) is 3.64. The molecule has 0 aliphatic heterocycles. The third kappa shape index (κ3) is 3.99. The molecule has 0 saturated heterocycles. The van der Waals surface area contributed by atoms with Crippen molar-refractivity contribution in [3.63, 3.8) is 0 Å². The van der Waals surface area contributed by atoms with Crippen LogP contribution in [0.4, 0.5) is 0 Å². The van der Waals surface area contributed by atoms with E-state index in [1.807, 2.05) is 0 Å². The summed E-state index contributed by atoms with van der Waals surface area (Å²) < 4.78 is 4.97. The summed E-state index contributed by atoms with van der Waals surface area (Å²) in [6, 6.07) is 43.1. The number of fused-ring (bicyclic) bond motifs is 9. The molecule has 2 heterocycles. The summed E-state index contributed by atoms with van der Waals surface area (Å²) >= 11 is 0. The summed E-state index contributed by atoms with van der Waals surface area (Å²) in [7, 11) is 0. The minimum atomic E-state index is 0.453. The molecule has 2 heteroatoms. The van der Waals surface area contributed by atoms with Crippen molar-refractivity contribution in [1.29, 1.82) is 0 Å². The summed E-state index contributed by atoms with van der Waals surface area (Å²) in [4.78, 5) is 0. The van der Waals surface area contributed by atoms with Gasteiger partial charge < -0.3 is 9.13 Å². The smallest absolute Gasteiger partial charge is 0.0547 e. The van der Waals surface area contributed by atoms with Crippen molar-refractivity contribution in [2.75, 3.05) is 0 Å². The lowest BCUT2D eigenvalue weighted by Gasteiger charge is -2.19. The predicted molar refractivity (Wildman–Crippen MR) is 206 cm³/mol. The summed E-state index contributed by atoms with van der Waals surface area (Å²) in [5.74, 6) is 0.973. The normalized spacial score (nSPS) is 17.6. The fourth-order valence-corrected chi connectivity index (χ4v) is 8.58. The summed E-state index contributed by atoms with van der Waals surface area (Å²) in [6.07, 6.45) is 13.9. The van der Waals surface area contributed by atoms with Gasteiger partial charge in [0.2, 0.25) is 0 Å². The van der Waals surface area contributed by atoms with Gasteiger partial charge in [0, 0.05) is 44.7 Å². The van der Waals surface area contributed by atoms with Crippen molar-refractivity contribution in [2.45, 2.75) is 32.6 Å². The molecule has 2 unspecified atom stereocenters. The molecule has 2 atom stereocenters. The van der Waals surface area contributed by atoms with Gasteiger partial charge in [0.1, 0.15) is 0 Å². The lowest BCUT2D eigenvalue weighted by atomic mass is 9.90. The third-order valence-electron chi connectivity index (χ3n) is 10.8. The number of rotatable bonds is 3. The Morgan fingerprint density at radius 2 is 1.29 bits per heavy atom. The van der Waals surface area contributed by atoms with Gasteiger partial charge in [-0.25, -0.2) is 0 Å². The molecule has 6 aromatic carbocycles. The van der Waals surface area contributed by atoms with Gasteiger partial charge in [0.25, 0.3) is 0 Å². The van der Waals surface area contributed by atoms with Crippen LogP contribution in [0.1, 0.15) is 43.9 Å². The second-order valence-electron chi connectivity index (χ2n) is 13.9. The number of hydrogen-bond acceptors (Lipinski definition) is 0. The molecule has 2 aliphatic rings. The summed E-state index contributed by atoms with van der Waals surface area (Å²) in [6.45, 7) is 4.67. The van der Waals surface area contributed by atoms with Gasteiger partial charge in [-0.1, -0.05) is 105 Å². The molecule has 0 bridgehead atoms. The topological polar surface area (TPSA) is 9.86 Å². The van der Waals surface area contributed by atoms with Crippen LogP contribution in [0.5, 0.6) is 0 Å². The maximum atomic E-state index is 2.49. The van der Waals surface area contributed by atoms with E-state index >= 15 is 0 Å². The molecule has 0 saturated carbocycles. The first-order chi connectivity index (χ1) is 23.6. The SMILES string of the molecule is CC1C=C(n2c3ccccc3c3cc4c(cc(-c5ccc6c(c5)c5c(n6-c6ccccc6)C(C)CC=C5)c5ccccc54)cc32)C=CC1. The molecule has 2 aromatic heterocycles. The average molecular weight is 617 g/mol. The van der Waals surface area contributed by atoms with Gasteiger partial charge in [-0.15, -0.1) is 0 Å². The van der Waals surface area contributed by atoms with Gasteiger partial charge in [-0.05, 0) is 106 Å². The fourth-order valence-electron chi connectivity index (χ4n) is 8.58. The lowest BCUT2D eigenvalue weighted by Crippen LogP contribution is -2.06. The monoisotopic (exact) mass is 616 g/mol. The zero-order valence-corrected chi connectivity index (χ0v) is 27.3. The van der Waals surface area contributed by atoms with Gasteiger partial charge >= 0.3 is 0 Å². The van der Waals surface area contributed by atoms with E-state index in [9.17, 15) is 0 Å². The predicted octanol–water partition coefficient (Wildman–Crippen LogP) is 12.7. The Bertz CT molecular complexity index is 2690. The third-order valence-corrected chi connectivity index (χ3v) is 10.8. The van der Waals surface area contributed by atoms with Crippen LogP contribution < -0.4 is 0 Å². The summed E-state index contributed by atoms with van der Waals surface area (Å²) in [5.41, 5.74) is 11.6. The number of aromatic nitrogens is 2. The van der Waals surface area contributed by atoms with E-state index in [1.54, 1.807) is 0 Å². The highest BCUT2D eigenvalue weighted by Crippen LogP contribution is 2.44. The second-order valence-corrected chi connectivity index (χ2v) is 13.9. The molecule has 2 aliphatic carbocycles. The lowest BCUT2D eigenvalue weighted by molar-refractivity contribution is 0.723. The maximum Gasteiger partial charge on any atom is 0.0547 e. The van der Waals surface area contributed by atoms with E-state index in [0.717, 1.165) is 12.8 Å². The Morgan fingerprint density at radius 3 is 2.15 bits per heavy atom. The molecule has 2 nitrogen and oxygen atoms in total. The molecule has 230 valence electrons. The van der Waals surface area contributed by atoms with Crippen LogP contribution in [-0.2, 0) is 0 Å². The van der Waals surface area contributed by atoms with Gasteiger partial charge in [0.05, 0.1) is 16.6 Å². The molecule has 0 fully saturated rings. The zero-order valence-electron chi connectivity index (χ0n) is 27.3. The molecule has 8 aromatic rings. The molecule has 0 amide bonds. The quantitative estimate of drug-likeness (QED) is 0.175. The van der Waals surface area contributed by atoms with Crippen LogP contribution in [0.15, 0.2) is 140 Å². The van der Waals surface area contributed by atoms with Crippen LogP contribution in [0.25, 0.3) is 82.8 Å². The molecule has 10 rings (SSSR count). The number of benzene rings is 6. The van der Waals surface area contributed by atoms with Crippen molar-refractivity contribution in [3.8, 4) is 16.8 Å². The Balaban J connectivity index is 1.26. The van der Waals surface area contributed by atoms with Gasteiger partial charge in [0.15, 0.2) is 0 Å². The van der Waals surface area contributed by atoms with E-state index in [1.165, 1.54) is 88.0 Å². The molecule has 0 N–H and O–H groups in total. The number of allylic oxidation sites excluding steroid dienone is 5. The first-order valence-electron chi connectivity index (χ1n) is 17.3. The van der Waals surface area contributed by atoms with Crippen molar-refractivity contribution in [2.24, 2.45) is 5.92 Å². The second kappa shape index (κ2) is 10.5. The van der Waals surface area contributed by atoms with Gasteiger partial charge in [-0.3, -0.25) is 0 Å². The van der Waals surface area contributed by atoms with E-state index < -0.39 is 0 Å². The van der Waals surface area contributed by atoms with E-state index in [2.05, 4.69) is 169 Å². The largest absolute Gasteiger partial charge is 0.313 e. The first-order valence-corrected chi connectivity index (χ1v) is 17.3. The molecule has 0 radical (unpaired) electrons. The van der Waals surface area contributed by atoms with Crippen LogP contribution in [0.2, 0.25) is 0 Å². The van der Waals surface area contributed by atoms with Crippen molar-refractivity contribution in [3.05, 3.63) is 151 Å². The summed E-state index contributed by atoms with van der Waals surface area (Å²) in [5, 5.41) is 9.09. The molecule has 0 spiro atoms. The standard InChI is InChI=1S/C46H36N2/c1-29-12-10-16-34(24-29)47-43-21-9-8-19-37(43)42-28-40-32(27-45(42)47)26-39(35-17-6-7-18-36(35)40)31-22-23-44-41(25-31)38-20-11-13-30(2)46(38)48(44)33-14-4-3-5-15-33/h3-11,14-30H,12-13H2,1-2H3. The minimum Gasteiger partial charge on any atom is -0.313 e. The van der Waals surface area contributed by atoms with E-state index in [0.29, 0.717) is 11.8 Å². The highest BCUT2D eigenvalue weighted by Gasteiger charge is 2.24. The Kier molecular flexibility index (Phi) is 5.99. The van der Waals surface area contributed by atoms with E-state index in [4.69, 9.17) is 0 Å². The number of hydrogen-bond donors (Lipinski definition) is 0. The molecular weight excluding hydrogens is 581 g/mol. The van der Waals surface area contributed by atoms with E-state index in [-0.39, 0.29) is 0 Å². The zero-order chi connectivity index (χ0) is 31.9. The Hall–Kier alpha value is -5.60. The number of para-hydroxylation sites is 2. The Labute approximate surface area is 280 Å².